The maximum absolute atomic E-state index is 11.3. The highest BCUT2D eigenvalue weighted by atomic mass is 16.5. The maximum Gasteiger partial charge on any atom is 0.273 e. The minimum atomic E-state index is -0.336. The van der Waals surface area contributed by atoms with Crippen molar-refractivity contribution in [3.63, 3.8) is 0 Å². The van der Waals surface area contributed by atoms with Crippen molar-refractivity contribution in [2.24, 2.45) is 5.73 Å². The number of benzene rings is 1. The topological polar surface area (TPSA) is 110 Å². The fourth-order valence-corrected chi connectivity index (χ4v) is 3.46. The molecular weight excluding hydrogens is 358 g/mol. The van der Waals surface area contributed by atoms with Crippen molar-refractivity contribution < 1.29 is 9.53 Å². The zero-order valence-corrected chi connectivity index (χ0v) is 16.1. The predicted octanol–water partition coefficient (Wildman–Crippen LogP) is 0.909. The van der Waals surface area contributed by atoms with Gasteiger partial charge in [0, 0.05) is 18.7 Å². The lowest BCUT2D eigenvalue weighted by Crippen LogP contribution is -2.46. The number of fused-ring (bicyclic) bond motifs is 1. The summed E-state index contributed by atoms with van der Waals surface area (Å²) in [6, 6.07) is 7.90. The Morgan fingerprint density at radius 2 is 1.93 bits per heavy atom. The molecule has 3 heterocycles. The van der Waals surface area contributed by atoms with Crippen molar-refractivity contribution in [1.29, 1.82) is 0 Å². The third-order valence-electron chi connectivity index (χ3n) is 4.98. The molecule has 0 aliphatic carbocycles. The molecule has 0 atom stereocenters. The second-order valence-electron chi connectivity index (χ2n) is 7.46. The number of nitrogens with one attached hydrogen (secondary N) is 1. The summed E-state index contributed by atoms with van der Waals surface area (Å²) < 4.78 is 5.84. The third kappa shape index (κ3) is 3.54. The fraction of sp³-hybridized carbons (Fsp3) is 0.368. The molecule has 1 fully saturated rings. The normalized spacial score (nSPS) is 15.1. The highest BCUT2D eigenvalue weighted by molar-refractivity contribution is 5.88. The first-order chi connectivity index (χ1) is 13.4. The van der Waals surface area contributed by atoms with E-state index >= 15 is 0 Å². The molecule has 1 aromatic carbocycles. The van der Waals surface area contributed by atoms with Gasteiger partial charge in [0.2, 0.25) is 0 Å². The number of likely N-dealkylation sites (N-methyl/N-ethyl adjacent to an activating group) is 1. The summed E-state index contributed by atoms with van der Waals surface area (Å²) >= 11 is 0. The number of morpholine rings is 1. The minimum absolute atomic E-state index is 0.233. The smallest absolute Gasteiger partial charge is 0.273 e. The number of hydrogen-bond acceptors (Lipinski definition) is 6. The number of rotatable bonds is 5. The fourth-order valence-electron chi connectivity index (χ4n) is 3.46. The Morgan fingerprint density at radius 3 is 2.61 bits per heavy atom. The largest absolute Gasteiger partial charge is 0.378 e. The summed E-state index contributed by atoms with van der Waals surface area (Å²) in [5.74, 6) is 1.16. The Hall–Kier alpha value is -3.04. The molecule has 2 aromatic heterocycles. The van der Waals surface area contributed by atoms with E-state index in [-0.39, 0.29) is 12.5 Å². The van der Waals surface area contributed by atoms with Gasteiger partial charge in [0.15, 0.2) is 18.0 Å². The lowest BCUT2D eigenvalue weighted by atomic mass is 10.1. The van der Waals surface area contributed by atoms with Gasteiger partial charge in [-0.05, 0) is 24.3 Å². The quantitative estimate of drug-likeness (QED) is 0.635. The van der Waals surface area contributed by atoms with Crippen molar-refractivity contribution in [1.82, 2.24) is 24.6 Å². The molecule has 3 aromatic rings. The SMILES string of the molecule is C[N+](C)(CC(N)=O)c1ccc(-c2nc(N3CCOCC3)c3cn[nH]c3n2)cc1. The van der Waals surface area contributed by atoms with Crippen molar-refractivity contribution >= 4 is 28.4 Å². The van der Waals surface area contributed by atoms with Crippen LogP contribution in [0.15, 0.2) is 30.5 Å². The maximum atomic E-state index is 11.3. The van der Waals surface area contributed by atoms with Crippen LogP contribution >= 0.6 is 0 Å². The van der Waals surface area contributed by atoms with Gasteiger partial charge in [-0.1, -0.05) is 0 Å². The van der Waals surface area contributed by atoms with Crippen LogP contribution in [-0.4, -0.2) is 73.0 Å². The molecule has 1 aliphatic rings. The van der Waals surface area contributed by atoms with E-state index in [2.05, 4.69) is 20.1 Å². The van der Waals surface area contributed by atoms with Gasteiger partial charge in [-0.15, -0.1) is 0 Å². The molecule has 0 saturated carbocycles. The van der Waals surface area contributed by atoms with E-state index in [9.17, 15) is 4.79 Å². The van der Waals surface area contributed by atoms with Crippen molar-refractivity contribution in [3.8, 4) is 11.4 Å². The number of H-pyrrole nitrogens is 1. The number of amides is 1. The van der Waals surface area contributed by atoms with Gasteiger partial charge in [0.1, 0.15) is 11.5 Å². The van der Waals surface area contributed by atoms with Crippen LogP contribution in [0, 0.1) is 0 Å². The Labute approximate surface area is 162 Å². The number of primary amides is 1. The van der Waals surface area contributed by atoms with Gasteiger partial charge in [-0.3, -0.25) is 14.4 Å². The van der Waals surface area contributed by atoms with Crippen LogP contribution in [0.3, 0.4) is 0 Å². The van der Waals surface area contributed by atoms with Gasteiger partial charge >= 0.3 is 0 Å². The number of quaternary nitrogens is 1. The highest BCUT2D eigenvalue weighted by Crippen LogP contribution is 2.28. The first kappa shape index (κ1) is 18.3. The monoisotopic (exact) mass is 382 g/mol. The molecule has 3 N–H and O–H groups in total. The van der Waals surface area contributed by atoms with Gasteiger partial charge in [-0.25, -0.2) is 9.97 Å². The van der Waals surface area contributed by atoms with E-state index in [1.54, 1.807) is 6.20 Å². The minimum Gasteiger partial charge on any atom is -0.378 e. The molecular formula is C19H24N7O2+. The second kappa shape index (κ2) is 7.17. The van der Waals surface area contributed by atoms with Gasteiger partial charge in [0.05, 0.1) is 38.9 Å². The van der Waals surface area contributed by atoms with E-state index in [4.69, 9.17) is 15.5 Å². The summed E-state index contributed by atoms with van der Waals surface area (Å²) in [6.45, 7) is 3.17. The van der Waals surface area contributed by atoms with Gasteiger partial charge in [-0.2, -0.15) is 5.10 Å². The first-order valence-electron chi connectivity index (χ1n) is 9.20. The van der Waals surface area contributed by atoms with Crippen molar-refractivity contribution in [2.45, 2.75) is 0 Å². The average Bonchev–Trinajstić information content (AvgIpc) is 3.16. The van der Waals surface area contributed by atoms with Crippen LogP contribution in [0.2, 0.25) is 0 Å². The summed E-state index contributed by atoms with van der Waals surface area (Å²) in [5.41, 5.74) is 7.96. The van der Waals surface area contributed by atoms with Crippen LogP contribution in [0.25, 0.3) is 22.4 Å². The number of aromatic amines is 1. The number of anilines is 1. The van der Waals surface area contributed by atoms with E-state index in [1.165, 1.54) is 0 Å². The zero-order valence-electron chi connectivity index (χ0n) is 16.1. The summed E-state index contributed by atoms with van der Waals surface area (Å²) in [6.07, 6.45) is 1.76. The number of nitrogens with two attached hydrogens (primary N) is 1. The Bertz CT molecular complexity index is 991. The zero-order chi connectivity index (χ0) is 19.7. The number of nitrogens with zero attached hydrogens (tertiary/aromatic N) is 5. The summed E-state index contributed by atoms with van der Waals surface area (Å²) in [4.78, 5) is 23.0. The van der Waals surface area contributed by atoms with Crippen LogP contribution in [-0.2, 0) is 9.53 Å². The standard InChI is InChI=1S/C19H23N7O2/c1-26(2,12-16(20)27)14-5-3-13(4-6-14)17-22-18-15(11-21-24-18)19(23-17)25-7-9-28-10-8-25/h3-6,11H,7-10,12H2,1-2H3,(H2-,20,21,22,23,24,27)/p+1. The number of carbonyl (C=O) groups is 1. The number of ether oxygens (including phenoxy) is 1. The predicted molar refractivity (Wildman–Crippen MR) is 108 cm³/mol. The Morgan fingerprint density at radius 1 is 1.21 bits per heavy atom. The van der Waals surface area contributed by atoms with Crippen LogP contribution in [0.1, 0.15) is 0 Å². The van der Waals surface area contributed by atoms with Gasteiger partial charge in [0.25, 0.3) is 5.91 Å². The van der Waals surface area contributed by atoms with E-state index in [0.29, 0.717) is 29.2 Å². The lowest BCUT2D eigenvalue weighted by molar-refractivity contribution is -0.118. The molecule has 146 valence electrons. The van der Waals surface area contributed by atoms with E-state index in [0.717, 1.165) is 35.5 Å². The van der Waals surface area contributed by atoms with Crippen molar-refractivity contribution in [3.05, 3.63) is 30.5 Å². The molecule has 0 bridgehead atoms. The molecule has 1 amide bonds. The molecule has 1 saturated heterocycles. The lowest BCUT2D eigenvalue weighted by Gasteiger charge is -2.28. The second-order valence-corrected chi connectivity index (χ2v) is 7.46. The molecule has 0 radical (unpaired) electrons. The van der Waals surface area contributed by atoms with Gasteiger partial charge < -0.3 is 15.4 Å². The first-order valence-corrected chi connectivity index (χ1v) is 9.20. The number of carbonyl (C=O) groups excluding carboxylic acids is 1. The van der Waals surface area contributed by atoms with E-state index in [1.807, 2.05) is 38.4 Å². The molecule has 9 nitrogen and oxygen atoms in total. The number of aromatic nitrogens is 4. The van der Waals surface area contributed by atoms with Crippen molar-refractivity contribution in [2.75, 3.05) is 51.8 Å². The molecule has 0 unspecified atom stereocenters. The third-order valence-corrected chi connectivity index (χ3v) is 4.98. The molecule has 1 aliphatic heterocycles. The average molecular weight is 382 g/mol. The van der Waals surface area contributed by atoms with Crippen LogP contribution in [0.4, 0.5) is 11.5 Å². The van der Waals surface area contributed by atoms with E-state index < -0.39 is 0 Å². The summed E-state index contributed by atoms with van der Waals surface area (Å²) in [7, 11) is 3.90. The molecule has 9 heteroatoms. The molecule has 4 rings (SSSR count). The Kier molecular flexibility index (Phi) is 4.70. The molecule has 0 spiro atoms. The highest BCUT2D eigenvalue weighted by Gasteiger charge is 2.23. The van der Waals surface area contributed by atoms with Crippen LogP contribution in [0.5, 0.6) is 0 Å². The number of hydrogen-bond donors (Lipinski definition) is 2. The van der Waals surface area contributed by atoms with Crippen LogP contribution < -0.4 is 15.1 Å². The Balaban J connectivity index is 1.70. The molecule has 28 heavy (non-hydrogen) atoms. The summed E-state index contributed by atoms with van der Waals surface area (Å²) in [5, 5.41) is 7.99.